The number of aryl methyl sites for hydroxylation is 1. The van der Waals surface area contributed by atoms with Gasteiger partial charge in [0.25, 0.3) is 0 Å². The van der Waals surface area contributed by atoms with Gasteiger partial charge in [0, 0.05) is 17.0 Å². The van der Waals surface area contributed by atoms with E-state index >= 15 is 0 Å². The van der Waals surface area contributed by atoms with E-state index in [1.165, 1.54) is 11.3 Å². The zero-order chi connectivity index (χ0) is 17.8. The minimum atomic E-state index is 0.655. The van der Waals surface area contributed by atoms with E-state index in [9.17, 15) is 0 Å². The van der Waals surface area contributed by atoms with Gasteiger partial charge in [-0.15, -0.1) is 10.2 Å². The highest BCUT2D eigenvalue weighted by Gasteiger charge is 2.13. The minimum Gasteiger partial charge on any atom is -0.441 e. The van der Waals surface area contributed by atoms with E-state index in [0.717, 1.165) is 32.2 Å². The lowest BCUT2D eigenvalue weighted by Gasteiger charge is -1.99. The Morgan fingerprint density at radius 3 is 2.50 bits per heavy atom. The van der Waals surface area contributed by atoms with Gasteiger partial charge in [-0.1, -0.05) is 59.5 Å². The Morgan fingerprint density at radius 2 is 1.73 bits per heavy atom. The van der Waals surface area contributed by atoms with Crippen molar-refractivity contribution in [2.24, 2.45) is 0 Å². The van der Waals surface area contributed by atoms with Gasteiger partial charge in [0.1, 0.15) is 5.76 Å². The number of oxazole rings is 1. The molecule has 1 N–H and O–H groups in total. The van der Waals surface area contributed by atoms with Crippen molar-refractivity contribution in [3.63, 3.8) is 0 Å². The van der Waals surface area contributed by atoms with Gasteiger partial charge in [0.2, 0.25) is 11.0 Å². The number of nitrogens with one attached hydrogen (secondary N) is 1. The smallest absolute Gasteiger partial charge is 0.226 e. The fourth-order valence-electron chi connectivity index (χ4n) is 2.36. The molecule has 7 heteroatoms. The molecule has 0 aliphatic heterocycles. The minimum absolute atomic E-state index is 0.655. The normalized spacial score (nSPS) is 10.8. The second-order valence-corrected chi connectivity index (χ2v) is 7.74. The SMILES string of the molecule is Cc1oc(-c2ccccc2)nc1CSc1nnc(Nc2ccccc2)s1. The number of hydrogen-bond donors (Lipinski definition) is 1. The van der Waals surface area contributed by atoms with Crippen molar-refractivity contribution in [1.82, 2.24) is 15.2 Å². The maximum Gasteiger partial charge on any atom is 0.226 e. The summed E-state index contributed by atoms with van der Waals surface area (Å²) in [6.07, 6.45) is 0. The van der Waals surface area contributed by atoms with Crippen LogP contribution in [0.15, 0.2) is 69.4 Å². The first kappa shape index (κ1) is 16.8. The van der Waals surface area contributed by atoms with Crippen molar-refractivity contribution in [3.8, 4) is 11.5 Å². The third-order valence-electron chi connectivity index (χ3n) is 3.68. The van der Waals surface area contributed by atoms with Crippen molar-refractivity contribution < 1.29 is 4.42 Å². The summed E-state index contributed by atoms with van der Waals surface area (Å²) in [5, 5.41) is 12.5. The summed E-state index contributed by atoms with van der Waals surface area (Å²) in [5.41, 5.74) is 2.92. The highest BCUT2D eigenvalue weighted by atomic mass is 32.2. The number of hydrogen-bond acceptors (Lipinski definition) is 7. The van der Waals surface area contributed by atoms with Crippen LogP contribution in [-0.4, -0.2) is 15.2 Å². The molecular weight excluding hydrogens is 364 g/mol. The number of anilines is 2. The molecule has 5 nitrogen and oxygen atoms in total. The van der Waals surface area contributed by atoms with Gasteiger partial charge in [0.15, 0.2) is 4.34 Å². The van der Waals surface area contributed by atoms with Crippen LogP contribution in [0.2, 0.25) is 0 Å². The molecule has 0 bridgehead atoms. The van der Waals surface area contributed by atoms with Gasteiger partial charge >= 0.3 is 0 Å². The first-order chi connectivity index (χ1) is 12.8. The summed E-state index contributed by atoms with van der Waals surface area (Å²) >= 11 is 3.14. The number of nitrogens with zero attached hydrogens (tertiary/aromatic N) is 3. The van der Waals surface area contributed by atoms with E-state index in [1.54, 1.807) is 11.8 Å². The first-order valence-electron chi connectivity index (χ1n) is 8.08. The topological polar surface area (TPSA) is 63.8 Å². The van der Waals surface area contributed by atoms with Crippen LogP contribution >= 0.6 is 23.1 Å². The molecule has 2 aromatic heterocycles. The van der Waals surface area contributed by atoms with Gasteiger partial charge in [-0.2, -0.15) is 0 Å². The van der Waals surface area contributed by atoms with Crippen LogP contribution < -0.4 is 5.32 Å². The molecule has 2 heterocycles. The molecule has 0 amide bonds. The summed E-state index contributed by atoms with van der Waals surface area (Å²) < 4.78 is 6.70. The van der Waals surface area contributed by atoms with Crippen LogP contribution in [0.25, 0.3) is 11.5 Å². The molecule has 0 radical (unpaired) electrons. The molecule has 0 saturated heterocycles. The summed E-state index contributed by atoms with van der Waals surface area (Å²) in [4.78, 5) is 4.62. The Bertz CT molecular complexity index is 983. The highest BCUT2D eigenvalue weighted by molar-refractivity contribution is 8.00. The van der Waals surface area contributed by atoms with Gasteiger partial charge in [-0.05, 0) is 31.2 Å². The number of thioether (sulfide) groups is 1. The summed E-state index contributed by atoms with van der Waals surface area (Å²) in [6, 6.07) is 19.9. The maximum absolute atomic E-state index is 5.80. The van der Waals surface area contributed by atoms with E-state index in [-0.39, 0.29) is 0 Å². The van der Waals surface area contributed by atoms with Crippen molar-refractivity contribution in [3.05, 3.63) is 72.1 Å². The van der Waals surface area contributed by atoms with Gasteiger partial charge in [-0.25, -0.2) is 4.98 Å². The van der Waals surface area contributed by atoms with Crippen LogP contribution in [0.3, 0.4) is 0 Å². The van der Waals surface area contributed by atoms with E-state index < -0.39 is 0 Å². The predicted octanol–water partition coefficient (Wildman–Crippen LogP) is 5.54. The standard InChI is InChI=1S/C19H16N4OS2/c1-13-16(21-17(24-13)14-8-4-2-5-9-14)12-25-19-23-22-18(26-19)20-15-10-6-3-7-11-15/h2-11H,12H2,1H3,(H,20,22). The van der Waals surface area contributed by atoms with E-state index in [1.807, 2.05) is 67.6 Å². The Balaban J connectivity index is 1.41. The average Bonchev–Trinajstić information content (AvgIpc) is 3.28. The van der Waals surface area contributed by atoms with E-state index in [2.05, 4.69) is 20.5 Å². The summed E-state index contributed by atoms with van der Waals surface area (Å²) in [5.74, 6) is 2.19. The molecule has 0 saturated carbocycles. The molecule has 4 rings (SSSR count). The van der Waals surface area contributed by atoms with Gasteiger partial charge < -0.3 is 9.73 Å². The Kier molecular flexibility index (Phi) is 4.99. The van der Waals surface area contributed by atoms with E-state index in [0.29, 0.717) is 11.6 Å². The van der Waals surface area contributed by atoms with Crippen LogP contribution in [0.5, 0.6) is 0 Å². The quantitative estimate of drug-likeness (QED) is 0.443. The molecule has 0 spiro atoms. The van der Waals surface area contributed by atoms with Crippen LogP contribution in [0, 0.1) is 6.92 Å². The molecule has 0 atom stereocenters. The highest BCUT2D eigenvalue weighted by Crippen LogP contribution is 2.31. The lowest BCUT2D eigenvalue weighted by Crippen LogP contribution is -1.87. The molecule has 0 aliphatic rings. The molecule has 2 aromatic carbocycles. The molecule has 0 fully saturated rings. The van der Waals surface area contributed by atoms with Gasteiger partial charge in [0.05, 0.1) is 5.69 Å². The molecule has 130 valence electrons. The second kappa shape index (κ2) is 7.72. The van der Waals surface area contributed by atoms with Crippen molar-refractivity contribution in [1.29, 1.82) is 0 Å². The number of benzene rings is 2. The number of rotatable bonds is 6. The fourth-order valence-corrected chi connectivity index (χ4v) is 4.13. The maximum atomic E-state index is 5.80. The summed E-state index contributed by atoms with van der Waals surface area (Å²) in [6.45, 7) is 1.94. The van der Waals surface area contributed by atoms with Crippen molar-refractivity contribution in [2.75, 3.05) is 5.32 Å². The van der Waals surface area contributed by atoms with Crippen LogP contribution in [0.1, 0.15) is 11.5 Å². The van der Waals surface area contributed by atoms with Crippen molar-refractivity contribution in [2.45, 2.75) is 17.0 Å². The first-order valence-corrected chi connectivity index (χ1v) is 9.88. The monoisotopic (exact) mass is 380 g/mol. The van der Waals surface area contributed by atoms with Crippen molar-refractivity contribution >= 4 is 33.9 Å². The molecule has 26 heavy (non-hydrogen) atoms. The van der Waals surface area contributed by atoms with Gasteiger partial charge in [-0.3, -0.25) is 0 Å². The summed E-state index contributed by atoms with van der Waals surface area (Å²) in [7, 11) is 0. The third-order valence-corrected chi connectivity index (χ3v) is 5.66. The predicted molar refractivity (Wildman–Crippen MR) is 106 cm³/mol. The third kappa shape index (κ3) is 3.95. The largest absolute Gasteiger partial charge is 0.441 e. The zero-order valence-corrected chi connectivity index (χ0v) is 15.7. The van der Waals surface area contributed by atoms with Crippen LogP contribution in [-0.2, 0) is 5.75 Å². The zero-order valence-electron chi connectivity index (χ0n) is 14.0. The van der Waals surface area contributed by atoms with E-state index in [4.69, 9.17) is 4.42 Å². The Morgan fingerprint density at radius 1 is 1.00 bits per heavy atom. The molecule has 0 aliphatic carbocycles. The molecule has 4 aromatic rings. The average molecular weight is 380 g/mol. The molecule has 0 unspecified atom stereocenters. The second-order valence-electron chi connectivity index (χ2n) is 5.54. The Labute approximate surface area is 159 Å². The molecular formula is C19H16N4OS2. The Hall–Kier alpha value is -2.64. The number of aromatic nitrogens is 3. The number of para-hydroxylation sites is 1. The van der Waals surface area contributed by atoms with Crippen LogP contribution in [0.4, 0.5) is 10.8 Å². The lowest BCUT2D eigenvalue weighted by molar-refractivity contribution is 0.540. The fraction of sp³-hybridized carbons (Fsp3) is 0.105. The lowest BCUT2D eigenvalue weighted by atomic mass is 10.2.